The Hall–Kier alpha value is -1.06. The molecule has 0 aromatic heterocycles. The van der Waals surface area contributed by atoms with E-state index in [1.165, 1.54) is 5.56 Å². The number of carbonyl (C=O) groups is 1. The van der Waals surface area contributed by atoms with E-state index in [0.717, 1.165) is 38.2 Å². The highest BCUT2D eigenvalue weighted by Crippen LogP contribution is 2.32. The molecule has 1 aromatic carbocycles. The molecular formula is C13H15ClN2O. The molecule has 1 fully saturated rings. The first-order chi connectivity index (χ1) is 8.25. The topological polar surface area (TPSA) is 32.3 Å². The van der Waals surface area contributed by atoms with E-state index in [1.807, 2.05) is 23.1 Å². The Balaban J connectivity index is 1.87. The maximum absolute atomic E-state index is 12.4. The van der Waals surface area contributed by atoms with Crippen LogP contribution in [-0.2, 0) is 11.2 Å². The Morgan fingerprint density at radius 3 is 3.12 bits per heavy atom. The van der Waals surface area contributed by atoms with Crippen LogP contribution in [0, 0.1) is 5.92 Å². The van der Waals surface area contributed by atoms with Crippen molar-refractivity contribution in [3.8, 4) is 0 Å². The zero-order chi connectivity index (χ0) is 11.8. The number of hydrogen-bond donors (Lipinski definition) is 1. The monoisotopic (exact) mass is 250 g/mol. The predicted octanol–water partition coefficient (Wildman–Crippen LogP) is 1.84. The maximum Gasteiger partial charge on any atom is 0.231 e. The summed E-state index contributed by atoms with van der Waals surface area (Å²) in [5.74, 6) is 0.385. The van der Waals surface area contributed by atoms with Crippen LogP contribution >= 0.6 is 11.6 Å². The van der Waals surface area contributed by atoms with Gasteiger partial charge in [0.25, 0.3) is 0 Å². The molecule has 2 aliphatic heterocycles. The largest absolute Gasteiger partial charge is 0.316 e. The summed E-state index contributed by atoms with van der Waals surface area (Å²) in [5, 5.41) is 3.94. The Kier molecular flexibility index (Phi) is 2.81. The first kappa shape index (κ1) is 11.1. The van der Waals surface area contributed by atoms with Crippen molar-refractivity contribution >= 4 is 23.2 Å². The number of halogens is 1. The van der Waals surface area contributed by atoms with Crippen molar-refractivity contribution in [3.05, 3.63) is 28.8 Å². The second-order valence-electron chi connectivity index (χ2n) is 4.70. The number of hydrogen-bond acceptors (Lipinski definition) is 2. The summed E-state index contributed by atoms with van der Waals surface area (Å²) in [5.41, 5.74) is 2.24. The molecule has 4 heteroatoms. The van der Waals surface area contributed by atoms with Gasteiger partial charge in [0, 0.05) is 23.8 Å². The quantitative estimate of drug-likeness (QED) is 0.825. The molecule has 0 spiro atoms. The van der Waals surface area contributed by atoms with E-state index in [-0.39, 0.29) is 11.8 Å². The second kappa shape index (κ2) is 4.31. The number of benzene rings is 1. The summed E-state index contributed by atoms with van der Waals surface area (Å²) < 4.78 is 0. The second-order valence-corrected chi connectivity index (χ2v) is 5.14. The van der Waals surface area contributed by atoms with Gasteiger partial charge in [-0.25, -0.2) is 0 Å². The average molecular weight is 251 g/mol. The van der Waals surface area contributed by atoms with Crippen molar-refractivity contribution < 1.29 is 4.79 Å². The van der Waals surface area contributed by atoms with Crippen LogP contribution in [0.15, 0.2) is 18.2 Å². The fourth-order valence-corrected chi connectivity index (χ4v) is 2.83. The third-order valence-corrected chi connectivity index (χ3v) is 3.85. The molecule has 90 valence electrons. The molecule has 1 aromatic rings. The molecule has 1 saturated heterocycles. The highest BCUT2D eigenvalue weighted by molar-refractivity contribution is 6.31. The normalized spacial score (nSPS) is 22.9. The van der Waals surface area contributed by atoms with Gasteiger partial charge < -0.3 is 10.2 Å². The average Bonchev–Trinajstić information content (AvgIpc) is 2.97. The van der Waals surface area contributed by atoms with Gasteiger partial charge in [0.05, 0.1) is 5.92 Å². The predicted molar refractivity (Wildman–Crippen MR) is 68.5 cm³/mol. The van der Waals surface area contributed by atoms with Gasteiger partial charge in [0.2, 0.25) is 5.91 Å². The number of nitrogens with zero attached hydrogens (tertiary/aromatic N) is 1. The van der Waals surface area contributed by atoms with Crippen molar-refractivity contribution in [3.63, 3.8) is 0 Å². The molecule has 1 amide bonds. The van der Waals surface area contributed by atoms with Gasteiger partial charge in [0.1, 0.15) is 0 Å². The molecule has 0 aliphatic carbocycles. The van der Waals surface area contributed by atoms with Gasteiger partial charge in [-0.1, -0.05) is 17.7 Å². The number of carbonyl (C=O) groups excluding carboxylic acids is 1. The third-order valence-electron chi connectivity index (χ3n) is 3.62. The van der Waals surface area contributed by atoms with Crippen LogP contribution < -0.4 is 10.2 Å². The van der Waals surface area contributed by atoms with Gasteiger partial charge >= 0.3 is 0 Å². The van der Waals surface area contributed by atoms with E-state index in [0.29, 0.717) is 5.02 Å². The molecule has 0 saturated carbocycles. The van der Waals surface area contributed by atoms with E-state index in [4.69, 9.17) is 11.6 Å². The van der Waals surface area contributed by atoms with Crippen LogP contribution in [0.4, 0.5) is 5.69 Å². The Morgan fingerprint density at radius 1 is 1.47 bits per heavy atom. The molecule has 3 rings (SSSR count). The van der Waals surface area contributed by atoms with Gasteiger partial charge in [-0.2, -0.15) is 0 Å². The van der Waals surface area contributed by atoms with Crippen molar-refractivity contribution in [2.24, 2.45) is 5.92 Å². The van der Waals surface area contributed by atoms with E-state index < -0.39 is 0 Å². The third kappa shape index (κ3) is 1.94. The molecular weight excluding hydrogens is 236 g/mol. The maximum atomic E-state index is 12.4. The first-order valence-electron chi connectivity index (χ1n) is 6.06. The summed E-state index contributed by atoms with van der Waals surface area (Å²) in [6.07, 6.45) is 1.89. The highest BCUT2D eigenvalue weighted by Gasteiger charge is 2.31. The molecule has 2 heterocycles. The smallest absolute Gasteiger partial charge is 0.231 e. The van der Waals surface area contributed by atoms with E-state index in [2.05, 4.69) is 5.32 Å². The summed E-state index contributed by atoms with van der Waals surface area (Å²) >= 11 is 6.00. The standard InChI is InChI=1S/C13H15ClN2O/c14-11-2-1-9-4-6-16(12(9)7-11)13(17)10-3-5-15-8-10/h1-2,7,10,15H,3-6,8H2. The number of rotatable bonds is 1. The lowest BCUT2D eigenvalue weighted by atomic mass is 10.1. The van der Waals surface area contributed by atoms with Crippen LogP contribution in [0.1, 0.15) is 12.0 Å². The van der Waals surface area contributed by atoms with Gasteiger partial charge in [-0.15, -0.1) is 0 Å². The summed E-state index contributed by atoms with van der Waals surface area (Å²) in [7, 11) is 0. The summed E-state index contributed by atoms with van der Waals surface area (Å²) in [6, 6.07) is 5.83. The van der Waals surface area contributed by atoms with Crippen LogP contribution in [0.25, 0.3) is 0 Å². The van der Waals surface area contributed by atoms with Crippen LogP contribution in [-0.4, -0.2) is 25.5 Å². The van der Waals surface area contributed by atoms with Gasteiger partial charge in [-0.05, 0) is 37.1 Å². The minimum atomic E-state index is 0.139. The van der Waals surface area contributed by atoms with E-state index >= 15 is 0 Å². The highest BCUT2D eigenvalue weighted by atomic mass is 35.5. The SMILES string of the molecule is O=C(C1CCNC1)N1CCc2ccc(Cl)cc21. The molecule has 1 atom stereocenters. The lowest BCUT2D eigenvalue weighted by Crippen LogP contribution is -2.35. The molecule has 1 N–H and O–H groups in total. The van der Waals surface area contributed by atoms with Crippen LogP contribution in [0.3, 0.4) is 0 Å². The minimum absolute atomic E-state index is 0.139. The molecule has 1 unspecified atom stereocenters. The molecule has 17 heavy (non-hydrogen) atoms. The van der Waals surface area contributed by atoms with Crippen molar-refractivity contribution in [1.82, 2.24) is 5.32 Å². The van der Waals surface area contributed by atoms with Crippen LogP contribution in [0.5, 0.6) is 0 Å². The van der Waals surface area contributed by atoms with Crippen LogP contribution in [0.2, 0.25) is 5.02 Å². The molecule has 0 radical (unpaired) electrons. The molecule has 0 bridgehead atoms. The Labute approximate surface area is 106 Å². The number of fused-ring (bicyclic) bond motifs is 1. The molecule has 3 nitrogen and oxygen atoms in total. The number of anilines is 1. The minimum Gasteiger partial charge on any atom is -0.316 e. The zero-order valence-corrected chi connectivity index (χ0v) is 10.3. The van der Waals surface area contributed by atoms with E-state index in [9.17, 15) is 4.79 Å². The van der Waals surface area contributed by atoms with Crippen molar-refractivity contribution in [1.29, 1.82) is 0 Å². The van der Waals surface area contributed by atoms with Crippen molar-refractivity contribution in [2.75, 3.05) is 24.5 Å². The van der Waals surface area contributed by atoms with Crippen molar-refractivity contribution in [2.45, 2.75) is 12.8 Å². The molecule has 2 aliphatic rings. The Bertz CT molecular complexity index is 455. The van der Waals surface area contributed by atoms with Gasteiger partial charge in [0.15, 0.2) is 0 Å². The lowest BCUT2D eigenvalue weighted by Gasteiger charge is -2.20. The summed E-state index contributed by atoms with van der Waals surface area (Å²) in [6.45, 7) is 2.56. The summed E-state index contributed by atoms with van der Waals surface area (Å²) in [4.78, 5) is 14.3. The number of amides is 1. The lowest BCUT2D eigenvalue weighted by molar-refractivity contribution is -0.121. The number of nitrogens with one attached hydrogen (secondary N) is 1. The fraction of sp³-hybridized carbons (Fsp3) is 0.462. The van der Waals surface area contributed by atoms with E-state index in [1.54, 1.807) is 0 Å². The fourth-order valence-electron chi connectivity index (χ4n) is 2.67. The Morgan fingerprint density at radius 2 is 2.35 bits per heavy atom. The zero-order valence-electron chi connectivity index (χ0n) is 9.58. The first-order valence-corrected chi connectivity index (χ1v) is 6.44. The van der Waals surface area contributed by atoms with Gasteiger partial charge in [-0.3, -0.25) is 4.79 Å².